The second kappa shape index (κ2) is 11.7. The van der Waals surface area contributed by atoms with E-state index < -0.39 is 0 Å². The quantitative estimate of drug-likeness (QED) is 0.431. The van der Waals surface area contributed by atoms with Crippen LogP contribution in [0.5, 0.6) is 0 Å². The zero-order valence-electron chi connectivity index (χ0n) is 16.2. The summed E-state index contributed by atoms with van der Waals surface area (Å²) >= 11 is 7.91. The molecule has 5 nitrogen and oxygen atoms in total. The number of rotatable bonds is 10. The SMILES string of the molecule is CCN(CCCSc1ccccc1Cl)CC(=O)Nc1ccc(NC(C)=O)cc1. The van der Waals surface area contributed by atoms with Crippen molar-refractivity contribution in [3.8, 4) is 0 Å². The van der Waals surface area contributed by atoms with Gasteiger partial charge in [-0.1, -0.05) is 30.7 Å². The van der Waals surface area contributed by atoms with E-state index in [0.717, 1.165) is 35.2 Å². The third kappa shape index (κ3) is 7.92. The van der Waals surface area contributed by atoms with Crippen molar-refractivity contribution in [1.29, 1.82) is 0 Å². The highest BCUT2D eigenvalue weighted by molar-refractivity contribution is 7.99. The lowest BCUT2D eigenvalue weighted by Gasteiger charge is -2.19. The minimum atomic E-state index is -0.122. The van der Waals surface area contributed by atoms with Crippen LogP contribution >= 0.6 is 23.4 Å². The summed E-state index contributed by atoms with van der Waals surface area (Å²) in [4.78, 5) is 26.5. The van der Waals surface area contributed by atoms with Crippen LogP contribution in [0.1, 0.15) is 20.3 Å². The van der Waals surface area contributed by atoms with Crippen molar-refractivity contribution < 1.29 is 9.59 Å². The zero-order chi connectivity index (χ0) is 20.4. The van der Waals surface area contributed by atoms with Crippen LogP contribution in [0.4, 0.5) is 11.4 Å². The fraction of sp³-hybridized carbons (Fsp3) is 0.333. The van der Waals surface area contributed by atoms with Crippen molar-refractivity contribution in [1.82, 2.24) is 4.90 Å². The Kier molecular flexibility index (Phi) is 9.34. The van der Waals surface area contributed by atoms with E-state index in [1.807, 2.05) is 24.3 Å². The normalized spacial score (nSPS) is 10.7. The topological polar surface area (TPSA) is 61.4 Å². The van der Waals surface area contributed by atoms with E-state index in [1.165, 1.54) is 6.92 Å². The summed E-state index contributed by atoms with van der Waals surface area (Å²) in [6.45, 7) is 5.52. The summed E-state index contributed by atoms with van der Waals surface area (Å²) in [7, 11) is 0. The molecule has 0 aliphatic heterocycles. The molecule has 0 unspecified atom stereocenters. The number of nitrogens with one attached hydrogen (secondary N) is 2. The van der Waals surface area contributed by atoms with Gasteiger partial charge in [-0.05, 0) is 61.7 Å². The Hall–Kier alpha value is -2.02. The Balaban J connectivity index is 1.73. The maximum Gasteiger partial charge on any atom is 0.238 e. The number of hydrogen-bond acceptors (Lipinski definition) is 4. The van der Waals surface area contributed by atoms with Crippen LogP contribution in [0, 0.1) is 0 Å². The first-order valence-electron chi connectivity index (χ1n) is 9.25. The third-order valence-corrected chi connectivity index (χ3v) is 5.62. The van der Waals surface area contributed by atoms with Gasteiger partial charge < -0.3 is 10.6 Å². The molecule has 2 N–H and O–H groups in total. The van der Waals surface area contributed by atoms with Crippen LogP contribution in [0.25, 0.3) is 0 Å². The maximum atomic E-state index is 12.3. The van der Waals surface area contributed by atoms with Crippen LogP contribution in [0.15, 0.2) is 53.4 Å². The second-order valence-corrected chi connectivity index (χ2v) is 7.85. The van der Waals surface area contributed by atoms with Gasteiger partial charge in [-0.3, -0.25) is 14.5 Å². The predicted octanol–water partition coefficient (Wildman–Crippen LogP) is 4.74. The van der Waals surface area contributed by atoms with Crippen molar-refractivity contribution in [2.75, 3.05) is 36.0 Å². The molecule has 0 heterocycles. The van der Waals surface area contributed by atoms with Gasteiger partial charge >= 0.3 is 0 Å². The van der Waals surface area contributed by atoms with Gasteiger partial charge in [0.1, 0.15) is 0 Å². The lowest BCUT2D eigenvalue weighted by atomic mass is 10.2. The predicted molar refractivity (Wildman–Crippen MR) is 118 cm³/mol. The van der Waals surface area contributed by atoms with E-state index in [0.29, 0.717) is 17.9 Å². The van der Waals surface area contributed by atoms with Crippen molar-refractivity contribution >= 4 is 46.6 Å². The van der Waals surface area contributed by atoms with Gasteiger partial charge in [0.2, 0.25) is 11.8 Å². The van der Waals surface area contributed by atoms with E-state index in [2.05, 4.69) is 22.5 Å². The number of likely N-dealkylation sites (N-methyl/N-ethyl adjacent to an activating group) is 1. The Labute approximate surface area is 175 Å². The molecule has 0 aromatic heterocycles. The van der Waals surface area contributed by atoms with Gasteiger partial charge in [-0.25, -0.2) is 0 Å². The summed E-state index contributed by atoms with van der Waals surface area (Å²) in [5.41, 5.74) is 1.42. The number of thioether (sulfide) groups is 1. The summed E-state index contributed by atoms with van der Waals surface area (Å²) in [5, 5.41) is 6.38. The fourth-order valence-electron chi connectivity index (χ4n) is 2.62. The molecule has 0 bridgehead atoms. The lowest BCUT2D eigenvalue weighted by molar-refractivity contribution is -0.117. The smallest absolute Gasteiger partial charge is 0.238 e. The minimum Gasteiger partial charge on any atom is -0.326 e. The number of hydrogen-bond donors (Lipinski definition) is 2. The van der Waals surface area contributed by atoms with Gasteiger partial charge in [0, 0.05) is 23.2 Å². The first kappa shape index (κ1) is 22.3. The minimum absolute atomic E-state index is 0.0483. The van der Waals surface area contributed by atoms with Gasteiger partial charge in [0.15, 0.2) is 0 Å². The monoisotopic (exact) mass is 419 g/mol. The summed E-state index contributed by atoms with van der Waals surface area (Å²) in [6.07, 6.45) is 0.975. The standard InChI is InChI=1S/C21H26ClN3O2S/c1-3-25(13-6-14-28-20-8-5-4-7-19(20)22)15-21(27)24-18-11-9-17(10-12-18)23-16(2)26/h4-5,7-12H,3,6,13-15H2,1-2H3,(H,23,26)(H,24,27). The summed E-state index contributed by atoms with van der Waals surface area (Å²) < 4.78 is 0. The molecule has 0 aliphatic rings. The van der Waals surface area contributed by atoms with Gasteiger partial charge in [-0.2, -0.15) is 0 Å². The van der Waals surface area contributed by atoms with Crippen LogP contribution in [0.2, 0.25) is 5.02 Å². The molecular weight excluding hydrogens is 394 g/mol. The van der Waals surface area contributed by atoms with Gasteiger partial charge in [0.25, 0.3) is 0 Å². The van der Waals surface area contributed by atoms with Crippen LogP contribution < -0.4 is 10.6 Å². The Morgan fingerprint density at radius 3 is 2.29 bits per heavy atom. The highest BCUT2D eigenvalue weighted by Gasteiger charge is 2.10. The molecule has 2 rings (SSSR count). The molecule has 0 spiro atoms. The number of anilines is 2. The largest absolute Gasteiger partial charge is 0.326 e. The van der Waals surface area contributed by atoms with Crippen LogP contribution in [0.3, 0.4) is 0 Å². The van der Waals surface area contributed by atoms with Crippen molar-refractivity contribution in [3.05, 3.63) is 53.6 Å². The zero-order valence-corrected chi connectivity index (χ0v) is 17.8. The highest BCUT2D eigenvalue weighted by atomic mass is 35.5. The molecule has 0 saturated heterocycles. The number of carbonyl (C=O) groups is 2. The summed E-state index contributed by atoms with van der Waals surface area (Å²) in [6, 6.07) is 14.9. The number of carbonyl (C=O) groups excluding carboxylic acids is 2. The molecule has 0 aliphatic carbocycles. The van der Waals surface area contributed by atoms with Crippen LogP contribution in [-0.2, 0) is 9.59 Å². The van der Waals surface area contributed by atoms with E-state index in [4.69, 9.17) is 11.6 Å². The number of halogens is 1. The van der Waals surface area contributed by atoms with Crippen molar-refractivity contribution in [3.63, 3.8) is 0 Å². The second-order valence-electron chi connectivity index (χ2n) is 6.31. The molecule has 150 valence electrons. The number of benzene rings is 2. The van der Waals surface area contributed by atoms with E-state index in [9.17, 15) is 9.59 Å². The highest BCUT2D eigenvalue weighted by Crippen LogP contribution is 2.26. The average molecular weight is 420 g/mol. The molecule has 0 fully saturated rings. The molecule has 0 radical (unpaired) electrons. The summed E-state index contributed by atoms with van der Waals surface area (Å²) in [5.74, 6) is 0.780. The Bertz CT molecular complexity index is 783. The molecule has 0 saturated carbocycles. The number of nitrogens with zero attached hydrogens (tertiary/aromatic N) is 1. The van der Waals surface area contributed by atoms with Crippen molar-refractivity contribution in [2.24, 2.45) is 0 Å². The van der Waals surface area contributed by atoms with Gasteiger partial charge in [-0.15, -0.1) is 11.8 Å². The lowest BCUT2D eigenvalue weighted by Crippen LogP contribution is -2.34. The number of amides is 2. The maximum absolute atomic E-state index is 12.3. The first-order valence-corrected chi connectivity index (χ1v) is 10.6. The van der Waals surface area contributed by atoms with E-state index in [-0.39, 0.29) is 11.8 Å². The molecule has 7 heteroatoms. The van der Waals surface area contributed by atoms with Crippen molar-refractivity contribution in [2.45, 2.75) is 25.2 Å². The molecule has 2 aromatic rings. The molecule has 2 amide bonds. The Morgan fingerprint density at radius 2 is 1.68 bits per heavy atom. The first-order chi connectivity index (χ1) is 13.5. The average Bonchev–Trinajstić information content (AvgIpc) is 2.66. The fourth-order valence-corrected chi connectivity index (χ4v) is 3.80. The Morgan fingerprint density at radius 1 is 1.04 bits per heavy atom. The third-order valence-electron chi connectivity index (χ3n) is 4.02. The van der Waals surface area contributed by atoms with E-state index >= 15 is 0 Å². The van der Waals surface area contributed by atoms with E-state index in [1.54, 1.807) is 36.0 Å². The molecule has 0 atom stereocenters. The van der Waals surface area contributed by atoms with Crippen LogP contribution in [-0.4, -0.2) is 42.1 Å². The molecule has 28 heavy (non-hydrogen) atoms. The van der Waals surface area contributed by atoms with Gasteiger partial charge in [0.05, 0.1) is 11.6 Å². The molecular formula is C21H26ClN3O2S. The molecule has 2 aromatic carbocycles.